The molecule has 1 saturated carbocycles. The molecule has 1 aromatic carbocycles. The number of nitrogens with zero attached hydrogens (tertiary/aromatic N) is 4. The Balaban J connectivity index is 1.69. The van der Waals surface area contributed by atoms with Gasteiger partial charge in [-0.1, -0.05) is 32.6 Å². The van der Waals surface area contributed by atoms with Crippen molar-refractivity contribution < 1.29 is 8.78 Å². The predicted octanol–water partition coefficient (Wildman–Crippen LogP) is 3.42. The fraction of sp³-hybridized carbons (Fsp3) is 0.667. The summed E-state index contributed by atoms with van der Waals surface area (Å²) in [5.41, 5.74) is 6.35. The van der Waals surface area contributed by atoms with Gasteiger partial charge in [0.2, 0.25) is 11.9 Å². The van der Waals surface area contributed by atoms with E-state index in [1.54, 1.807) is 7.05 Å². The van der Waals surface area contributed by atoms with Gasteiger partial charge in [-0.25, -0.2) is 13.8 Å². The van der Waals surface area contributed by atoms with Crippen LogP contribution in [0.5, 0.6) is 0 Å². The van der Waals surface area contributed by atoms with Crippen molar-refractivity contribution in [2.24, 2.45) is 15.7 Å². The minimum absolute atomic E-state index is 0.0833. The van der Waals surface area contributed by atoms with E-state index in [9.17, 15) is 8.78 Å². The van der Waals surface area contributed by atoms with Gasteiger partial charge < -0.3 is 16.0 Å². The second-order valence-corrected chi connectivity index (χ2v) is 8.96. The molecule has 1 heterocycles. The summed E-state index contributed by atoms with van der Waals surface area (Å²) in [6.07, 6.45) is 9.77. The van der Waals surface area contributed by atoms with Crippen molar-refractivity contribution in [1.29, 1.82) is 0 Å². The van der Waals surface area contributed by atoms with E-state index in [0.29, 0.717) is 24.7 Å². The zero-order valence-corrected chi connectivity index (χ0v) is 20.0. The number of likely N-dealkylation sites (N-methyl/N-ethyl adjacent to an activating group) is 1. The quantitative estimate of drug-likeness (QED) is 0.328. The Kier molecular flexibility index (Phi) is 9.87. The highest BCUT2D eigenvalue weighted by Gasteiger charge is 2.23. The Hall–Kier alpha value is -2.26. The van der Waals surface area contributed by atoms with Crippen LogP contribution in [0, 0.1) is 11.6 Å². The van der Waals surface area contributed by atoms with Crippen LogP contribution in [-0.4, -0.2) is 62.3 Å². The van der Waals surface area contributed by atoms with Crippen LogP contribution in [-0.2, 0) is 0 Å². The van der Waals surface area contributed by atoms with Crippen molar-refractivity contribution >= 4 is 17.6 Å². The van der Waals surface area contributed by atoms with Gasteiger partial charge in [0.15, 0.2) is 0 Å². The van der Waals surface area contributed by atoms with Gasteiger partial charge in [-0.3, -0.25) is 10.2 Å². The monoisotopic (exact) mass is 463 g/mol. The minimum atomic E-state index is -0.693. The molecule has 7 nitrogen and oxygen atoms in total. The number of benzene rings is 1. The first-order valence-electron chi connectivity index (χ1n) is 12.3. The molecule has 0 spiro atoms. The van der Waals surface area contributed by atoms with Crippen molar-refractivity contribution in [3.63, 3.8) is 0 Å². The van der Waals surface area contributed by atoms with Gasteiger partial charge in [0, 0.05) is 31.7 Å². The fourth-order valence-electron chi connectivity index (χ4n) is 4.68. The summed E-state index contributed by atoms with van der Waals surface area (Å²) in [5, 5.41) is 6.88. The highest BCUT2D eigenvalue weighted by Crippen LogP contribution is 2.19. The second kappa shape index (κ2) is 12.8. The third kappa shape index (κ3) is 7.64. The molecule has 1 aliphatic carbocycles. The van der Waals surface area contributed by atoms with Crippen LogP contribution in [0.2, 0.25) is 0 Å². The largest absolute Gasteiger partial charge is 0.369 e. The Labute approximate surface area is 196 Å². The van der Waals surface area contributed by atoms with Crippen LogP contribution in [0.25, 0.3) is 0 Å². The number of guanidine groups is 2. The van der Waals surface area contributed by atoms with E-state index in [0.717, 1.165) is 32.1 Å². The first kappa shape index (κ1) is 25.4. The maximum atomic E-state index is 14.2. The van der Waals surface area contributed by atoms with E-state index in [2.05, 4.69) is 32.4 Å². The fourth-order valence-corrected chi connectivity index (χ4v) is 4.68. The number of aliphatic imine (C=N–C) groups is 2. The van der Waals surface area contributed by atoms with Gasteiger partial charge in [-0.15, -0.1) is 0 Å². The van der Waals surface area contributed by atoms with E-state index in [-0.39, 0.29) is 11.6 Å². The number of hydrogen-bond acceptors (Lipinski definition) is 3. The number of nitrogens with one attached hydrogen (secondary N) is 2. The lowest BCUT2D eigenvalue weighted by Gasteiger charge is -2.24. The maximum absolute atomic E-state index is 14.2. The molecule has 2 fully saturated rings. The highest BCUT2D eigenvalue weighted by atomic mass is 19.1. The topological polar surface area (TPSA) is 81.3 Å². The van der Waals surface area contributed by atoms with Crippen molar-refractivity contribution in [2.75, 3.05) is 38.3 Å². The minimum Gasteiger partial charge on any atom is -0.369 e. The molecule has 0 bridgehead atoms. The first-order chi connectivity index (χ1) is 16.0. The van der Waals surface area contributed by atoms with Gasteiger partial charge >= 0.3 is 0 Å². The van der Waals surface area contributed by atoms with Crippen LogP contribution < -0.4 is 21.3 Å². The van der Waals surface area contributed by atoms with Crippen LogP contribution in [0.4, 0.5) is 14.5 Å². The summed E-state index contributed by atoms with van der Waals surface area (Å²) in [4.78, 5) is 13.0. The molecule has 1 aromatic rings. The second-order valence-electron chi connectivity index (χ2n) is 8.96. The zero-order chi connectivity index (χ0) is 23.6. The molecule has 1 saturated heterocycles. The molecule has 1 unspecified atom stereocenters. The van der Waals surface area contributed by atoms with Crippen molar-refractivity contribution in [3.05, 3.63) is 29.8 Å². The molecule has 9 heteroatoms. The van der Waals surface area contributed by atoms with Crippen molar-refractivity contribution in [1.82, 2.24) is 15.5 Å². The molecule has 2 aliphatic rings. The summed E-state index contributed by atoms with van der Waals surface area (Å²) in [5.74, 6) is -0.821. The lowest BCUT2D eigenvalue weighted by molar-refractivity contribution is 0.267. The molecule has 184 valence electrons. The molecule has 4 N–H and O–H groups in total. The number of likely N-dealkylation sites (tertiary alicyclic amines) is 1. The van der Waals surface area contributed by atoms with Gasteiger partial charge in [0.05, 0.1) is 12.4 Å². The average Bonchev–Trinajstić information content (AvgIpc) is 3.10. The van der Waals surface area contributed by atoms with Crippen molar-refractivity contribution in [2.45, 2.75) is 70.4 Å². The number of anilines is 1. The molecule has 1 atom stereocenters. The van der Waals surface area contributed by atoms with Gasteiger partial charge in [-0.05, 0) is 50.9 Å². The number of rotatable bonds is 7. The summed E-state index contributed by atoms with van der Waals surface area (Å²) < 4.78 is 27.5. The van der Waals surface area contributed by atoms with E-state index in [1.807, 2.05) is 0 Å². The number of halogens is 2. The van der Waals surface area contributed by atoms with Crippen LogP contribution >= 0.6 is 0 Å². The van der Waals surface area contributed by atoms with Gasteiger partial charge in [0.1, 0.15) is 11.6 Å². The molecular formula is C24H39F2N7. The molecule has 0 radical (unpaired) electrons. The maximum Gasteiger partial charge on any atom is 0.222 e. The summed E-state index contributed by atoms with van der Waals surface area (Å²) >= 11 is 0. The van der Waals surface area contributed by atoms with Gasteiger partial charge in [0.25, 0.3) is 0 Å². The Morgan fingerprint density at radius 1 is 1.15 bits per heavy atom. The number of nitrogens with two attached hydrogens (primary N) is 1. The van der Waals surface area contributed by atoms with Gasteiger partial charge in [-0.2, -0.15) is 4.99 Å². The third-order valence-electron chi connectivity index (χ3n) is 6.70. The average molecular weight is 464 g/mol. The standard InChI is InChI=1S/C24H39F2N7/c1-3-33-14-8-11-20(33)16-28-24(30-17-29-19-9-6-4-5-7-10-19)31-23(27)32(2)22-13-12-18(25)15-21(22)26/h12-13,15,19-20,29H,3-11,14,16-17H2,1-2H3,(H3,27,28,30,31). The van der Waals surface area contributed by atoms with Crippen LogP contribution in [0.3, 0.4) is 0 Å². The normalized spacial score (nSPS) is 21.3. The smallest absolute Gasteiger partial charge is 0.222 e. The SMILES string of the molecule is CCN1CCCC1CNC(=N/CNC1CCCCCC1)/N=C(\N)N(C)c1ccc(F)cc1F. The Bertz CT molecular complexity index is 806. The lowest BCUT2D eigenvalue weighted by atomic mass is 10.1. The third-order valence-corrected chi connectivity index (χ3v) is 6.70. The zero-order valence-electron chi connectivity index (χ0n) is 20.0. The van der Waals surface area contributed by atoms with Crippen molar-refractivity contribution in [3.8, 4) is 0 Å². The molecule has 33 heavy (non-hydrogen) atoms. The molecule has 3 rings (SSSR count). The highest BCUT2D eigenvalue weighted by molar-refractivity contribution is 6.02. The van der Waals surface area contributed by atoms with Crippen LogP contribution in [0.15, 0.2) is 28.2 Å². The lowest BCUT2D eigenvalue weighted by Crippen LogP contribution is -2.42. The van der Waals surface area contributed by atoms with E-state index < -0.39 is 11.6 Å². The Morgan fingerprint density at radius 2 is 1.91 bits per heavy atom. The van der Waals surface area contributed by atoms with Crippen LogP contribution in [0.1, 0.15) is 58.3 Å². The molecule has 1 aliphatic heterocycles. The summed E-state index contributed by atoms with van der Waals surface area (Å²) in [6, 6.07) is 4.29. The molecule has 0 amide bonds. The molecule has 0 aromatic heterocycles. The first-order valence-corrected chi connectivity index (χ1v) is 12.3. The summed E-state index contributed by atoms with van der Waals surface area (Å²) in [7, 11) is 1.60. The van der Waals surface area contributed by atoms with E-state index in [1.165, 1.54) is 62.0 Å². The van der Waals surface area contributed by atoms with E-state index in [4.69, 9.17) is 5.73 Å². The van der Waals surface area contributed by atoms with E-state index >= 15 is 0 Å². The number of hydrogen-bond donors (Lipinski definition) is 3. The summed E-state index contributed by atoms with van der Waals surface area (Å²) in [6.45, 7) is 5.46. The predicted molar refractivity (Wildman–Crippen MR) is 132 cm³/mol. The Morgan fingerprint density at radius 3 is 2.61 bits per heavy atom. The molecular weight excluding hydrogens is 424 g/mol.